The van der Waals surface area contributed by atoms with Gasteiger partial charge in [-0.1, -0.05) is 19.9 Å². The lowest BCUT2D eigenvalue weighted by Crippen LogP contribution is -2.27. The summed E-state index contributed by atoms with van der Waals surface area (Å²) in [6.45, 7) is 3.36. The zero-order valence-corrected chi connectivity index (χ0v) is 21.1. The van der Waals surface area contributed by atoms with E-state index in [1.165, 1.54) is 18.2 Å². The molecule has 2 aliphatic rings. The van der Waals surface area contributed by atoms with Crippen LogP contribution in [0.4, 0.5) is 13.2 Å². The smallest absolute Gasteiger partial charge is 0.396 e. The van der Waals surface area contributed by atoms with Crippen molar-refractivity contribution in [1.29, 1.82) is 0 Å². The lowest BCUT2D eigenvalue weighted by atomic mass is 9.85. The normalized spacial score (nSPS) is 18.1. The zero-order valence-electron chi connectivity index (χ0n) is 21.1. The number of ether oxygens (including phenoxy) is 2. The first kappa shape index (κ1) is 26.5. The lowest BCUT2D eigenvalue weighted by molar-refractivity contribution is -0.286. The van der Waals surface area contributed by atoms with Gasteiger partial charge < -0.3 is 29.4 Å². The second-order valence-electron chi connectivity index (χ2n) is 10.8. The number of carbonyl (C=O) groups excluding carboxylic acids is 1. The fraction of sp³-hybridized carbons (Fsp3) is 0.464. The Morgan fingerprint density at radius 3 is 2.47 bits per heavy atom. The summed E-state index contributed by atoms with van der Waals surface area (Å²) in [6.07, 6.45) is -3.55. The minimum absolute atomic E-state index is 0.0359. The van der Waals surface area contributed by atoms with Gasteiger partial charge in [0.15, 0.2) is 11.5 Å². The van der Waals surface area contributed by atoms with Crippen LogP contribution in [0.2, 0.25) is 0 Å². The fourth-order valence-corrected chi connectivity index (χ4v) is 5.34. The average molecular weight is 534 g/mol. The molecule has 0 amide bonds. The molecule has 0 saturated heterocycles. The van der Waals surface area contributed by atoms with Crippen LogP contribution >= 0.6 is 0 Å². The molecule has 5 rings (SSSR count). The summed E-state index contributed by atoms with van der Waals surface area (Å²) >= 11 is 0. The third-order valence-corrected chi connectivity index (χ3v) is 7.69. The Bertz CT molecular complexity index is 1390. The first-order valence-corrected chi connectivity index (χ1v) is 12.5. The second kappa shape index (κ2) is 9.29. The zero-order chi connectivity index (χ0) is 27.5. The third-order valence-electron chi connectivity index (χ3n) is 7.69. The number of aliphatic hydroxyl groups is 3. The highest BCUT2D eigenvalue weighted by atomic mass is 19.3. The van der Waals surface area contributed by atoms with Gasteiger partial charge in [0.1, 0.15) is 11.6 Å². The maximum atomic E-state index is 15.4. The van der Waals surface area contributed by atoms with Crippen molar-refractivity contribution in [2.75, 3.05) is 13.2 Å². The number of alkyl halides is 2. The minimum Gasteiger partial charge on any atom is -0.396 e. The molecule has 3 N–H and O–H groups in total. The predicted octanol–water partition coefficient (Wildman–Crippen LogP) is 3.96. The molecule has 1 fully saturated rings. The van der Waals surface area contributed by atoms with Crippen molar-refractivity contribution in [2.24, 2.45) is 0 Å². The van der Waals surface area contributed by atoms with Crippen molar-refractivity contribution in [2.45, 2.75) is 69.3 Å². The number of aromatic nitrogens is 1. The number of carbonyl (C=O) groups is 1. The predicted molar refractivity (Wildman–Crippen MR) is 132 cm³/mol. The number of aliphatic hydroxyl groups excluding tert-OH is 3. The van der Waals surface area contributed by atoms with E-state index >= 15 is 4.39 Å². The molecule has 1 aromatic heterocycles. The number of benzene rings is 2. The SMILES string of the molecule is CC(C)(CCO)c1cc2cc(CC(=O)C3(c4ccc5c(c4)OC(F)(F)O5)CC3)c(F)cc2n1C[C@@H](O)CO. The van der Waals surface area contributed by atoms with Gasteiger partial charge in [-0.15, -0.1) is 8.78 Å². The molecule has 10 heteroatoms. The van der Waals surface area contributed by atoms with Crippen LogP contribution in [-0.2, 0) is 28.6 Å². The van der Waals surface area contributed by atoms with Crippen LogP contribution in [-0.4, -0.2) is 51.3 Å². The van der Waals surface area contributed by atoms with Crippen LogP contribution in [0.5, 0.6) is 11.5 Å². The Kier molecular flexibility index (Phi) is 6.48. The number of ketones is 1. The molecule has 2 heterocycles. The molecule has 3 aromatic rings. The molecule has 1 aliphatic carbocycles. The molecule has 0 bridgehead atoms. The summed E-state index contributed by atoms with van der Waals surface area (Å²) in [4.78, 5) is 13.4. The molecule has 1 saturated carbocycles. The van der Waals surface area contributed by atoms with E-state index in [0.717, 1.165) is 5.69 Å². The highest BCUT2D eigenvalue weighted by Crippen LogP contribution is 2.52. The Hall–Kier alpha value is -3.08. The summed E-state index contributed by atoms with van der Waals surface area (Å²) in [7, 11) is 0. The van der Waals surface area contributed by atoms with Crippen LogP contribution in [0, 0.1) is 5.82 Å². The number of Topliss-reactive ketones (excluding diaryl/α,β-unsaturated/α-hetero) is 1. The summed E-state index contributed by atoms with van der Waals surface area (Å²) in [5.41, 5.74) is 0.582. The van der Waals surface area contributed by atoms with E-state index in [4.69, 9.17) is 0 Å². The first-order chi connectivity index (χ1) is 17.9. The van der Waals surface area contributed by atoms with E-state index in [2.05, 4.69) is 9.47 Å². The number of fused-ring (bicyclic) bond motifs is 2. The van der Waals surface area contributed by atoms with Crippen molar-refractivity contribution in [3.8, 4) is 11.5 Å². The maximum absolute atomic E-state index is 15.4. The van der Waals surface area contributed by atoms with Crippen molar-refractivity contribution in [1.82, 2.24) is 4.57 Å². The molecule has 0 unspecified atom stereocenters. The van der Waals surface area contributed by atoms with E-state index in [9.17, 15) is 28.9 Å². The number of hydrogen-bond donors (Lipinski definition) is 3. The van der Waals surface area contributed by atoms with Crippen LogP contribution in [0.1, 0.15) is 49.9 Å². The lowest BCUT2D eigenvalue weighted by Gasteiger charge is -2.27. The first-order valence-electron chi connectivity index (χ1n) is 12.5. The number of nitrogens with zero attached hydrogens (tertiary/aromatic N) is 1. The van der Waals surface area contributed by atoms with Gasteiger partial charge in [0.25, 0.3) is 0 Å². The number of halogens is 3. The molecular formula is C28H30F3NO6. The van der Waals surface area contributed by atoms with Crippen LogP contribution in [0.25, 0.3) is 10.9 Å². The summed E-state index contributed by atoms with van der Waals surface area (Å²) in [5, 5.41) is 29.7. The second-order valence-corrected chi connectivity index (χ2v) is 10.8. The standard InChI is InChI=1S/C28H30F3NO6/c1-26(2,7-8-33)24-10-17-9-16(20(29)13-21(17)32(24)14-19(35)15-34)11-25(36)27(5-6-27)18-3-4-22-23(12-18)38-28(30,31)37-22/h3-4,9-10,12-13,19,33-35H,5-8,11,14-15H2,1-2H3/t19-/m1/s1. The van der Waals surface area contributed by atoms with Gasteiger partial charge in [-0.25, -0.2) is 4.39 Å². The van der Waals surface area contributed by atoms with Crippen molar-refractivity contribution >= 4 is 16.7 Å². The van der Waals surface area contributed by atoms with Gasteiger partial charge in [0.05, 0.1) is 30.2 Å². The summed E-state index contributed by atoms with van der Waals surface area (Å²) in [5.74, 6) is -1.05. The molecule has 38 heavy (non-hydrogen) atoms. The van der Waals surface area contributed by atoms with E-state index < -0.39 is 35.7 Å². The highest BCUT2D eigenvalue weighted by molar-refractivity contribution is 5.95. The molecule has 1 aliphatic heterocycles. The van der Waals surface area contributed by atoms with Crippen molar-refractivity contribution in [3.05, 3.63) is 59.0 Å². The molecule has 1 atom stereocenters. The topological polar surface area (TPSA) is 101 Å². The number of rotatable bonds is 10. The Balaban J connectivity index is 1.46. The van der Waals surface area contributed by atoms with Gasteiger partial charge in [-0.3, -0.25) is 4.79 Å². The number of hydrogen-bond acceptors (Lipinski definition) is 6. The highest BCUT2D eigenvalue weighted by Gasteiger charge is 2.52. The van der Waals surface area contributed by atoms with Gasteiger partial charge in [0.2, 0.25) is 0 Å². The van der Waals surface area contributed by atoms with E-state index in [1.54, 1.807) is 16.7 Å². The monoisotopic (exact) mass is 533 g/mol. The Morgan fingerprint density at radius 1 is 1.11 bits per heavy atom. The molecule has 2 aromatic carbocycles. The van der Waals surface area contributed by atoms with Crippen LogP contribution in [0.15, 0.2) is 36.4 Å². The van der Waals surface area contributed by atoms with E-state index in [0.29, 0.717) is 35.7 Å². The Morgan fingerprint density at radius 2 is 1.82 bits per heavy atom. The van der Waals surface area contributed by atoms with Crippen LogP contribution in [0.3, 0.4) is 0 Å². The molecule has 0 spiro atoms. The summed E-state index contributed by atoms with van der Waals surface area (Å²) < 4.78 is 53.0. The molecule has 204 valence electrons. The van der Waals surface area contributed by atoms with Gasteiger partial charge in [-0.2, -0.15) is 0 Å². The van der Waals surface area contributed by atoms with Crippen LogP contribution < -0.4 is 9.47 Å². The largest absolute Gasteiger partial charge is 0.586 e. The molecule has 0 radical (unpaired) electrons. The summed E-state index contributed by atoms with van der Waals surface area (Å²) in [6, 6.07) is 9.10. The average Bonchev–Trinajstić information content (AvgIpc) is 3.50. The maximum Gasteiger partial charge on any atom is 0.586 e. The minimum atomic E-state index is -3.76. The fourth-order valence-electron chi connectivity index (χ4n) is 5.34. The van der Waals surface area contributed by atoms with Gasteiger partial charge in [0, 0.05) is 29.5 Å². The van der Waals surface area contributed by atoms with Crippen molar-refractivity contribution in [3.63, 3.8) is 0 Å². The van der Waals surface area contributed by atoms with Gasteiger partial charge in [-0.05, 0) is 60.7 Å². The molecular weight excluding hydrogens is 503 g/mol. The van der Waals surface area contributed by atoms with Crippen molar-refractivity contribution < 1.29 is 42.8 Å². The van der Waals surface area contributed by atoms with E-state index in [-0.39, 0.29) is 42.4 Å². The Labute approximate surface area is 217 Å². The quantitative estimate of drug-likeness (QED) is 0.365. The van der Waals surface area contributed by atoms with E-state index in [1.807, 2.05) is 19.9 Å². The van der Waals surface area contributed by atoms with Gasteiger partial charge >= 0.3 is 6.29 Å². The molecule has 7 nitrogen and oxygen atoms in total. The third kappa shape index (κ3) is 4.65.